The van der Waals surface area contributed by atoms with Crippen molar-refractivity contribution < 1.29 is 80.9 Å². The average Bonchev–Trinajstić information content (AvgIpc) is 0.830. The first-order valence-corrected chi connectivity index (χ1v) is 31.9. The fraction of sp³-hybridized carbons (Fsp3) is 0.810. The first kappa shape index (κ1) is 85.3. The number of halogens is 3. The quantitative estimate of drug-likeness (QED) is 0.129. The number of aliphatic carboxylic acids is 1. The van der Waals surface area contributed by atoms with Gasteiger partial charge in [-0.05, 0) is 104 Å². The van der Waals surface area contributed by atoms with Crippen LogP contribution in [-0.4, -0.2) is 268 Å². The van der Waals surface area contributed by atoms with E-state index in [0.717, 1.165) is 9.80 Å². The molecule has 530 valence electrons. The van der Waals surface area contributed by atoms with Gasteiger partial charge >= 0.3 is 12.1 Å². The third-order valence-corrected chi connectivity index (χ3v) is 16.1. The summed E-state index contributed by atoms with van der Waals surface area (Å²) in [4.78, 5) is 179. The predicted molar refractivity (Wildman–Crippen MR) is 341 cm³/mol. The smallest absolute Gasteiger partial charge is 0.475 e. The molecule has 0 aromatic rings. The second-order valence-electron chi connectivity index (χ2n) is 26.9. The number of likely N-dealkylation sites (N-methyl/N-ethyl adjacent to an activating group) is 6. The fourth-order valence-electron chi connectivity index (χ4n) is 10.9. The molecule has 1 heterocycles. The standard InChI is InChI=1S/C61H112N12O12.C2HF3O2/c1-25-26-44-58(82)66(19)32-48(75)67(20)45(29-34(2)3)55(79)65-50(37(8)9)60(84)68(21)46(30-35(4)5)54(78)62-41(16)53(77)63-42(17)57(81)69(22)47(31-36(6)7)59(83)72(27-28-73(39(12)13)40(14)15)33-49(76)70(23)51(38(10)11)61(85)71(24)52(43(18)74)56(80)64-44;3-2(4,5)1(6)7/h34-47,50-52,74H,25-33H2,1-24H3,(H,62,78)(H,63,77)(H,64,80)(H,65,79);(H,6,7)/t41-,42+,43+,44-,45-,46-,47-,50-,51-,52-;/m0./s1. The van der Waals surface area contributed by atoms with Crippen molar-refractivity contribution in [3.8, 4) is 0 Å². The van der Waals surface area contributed by atoms with Crippen molar-refractivity contribution in [2.75, 3.05) is 68.5 Å². The minimum absolute atomic E-state index is 0.0424. The molecule has 0 spiro atoms. The molecular weight excluding hydrogens is 1210 g/mol. The topological polar surface area (TPSA) is 319 Å². The van der Waals surface area contributed by atoms with Gasteiger partial charge in [0.05, 0.1) is 19.2 Å². The van der Waals surface area contributed by atoms with Gasteiger partial charge in [-0.25, -0.2) is 4.79 Å². The number of nitrogens with one attached hydrogen (secondary N) is 4. The molecular formula is C63H113F3N12O14. The monoisotopic (exact) mass is 1320 g/mol. The number of carboxylic acid groups (broad SMARTS) is 1. The molecule has 0 aromatic heterocycles. The Bertz CT molecular complexity index is 2490. The number of nitrogens with zero attached hydrogens (tertiary/aromatic N) is 8. The highest BCUT2D eigenvalue weighted by molar-refractivity contribution is 5.99. The van der Waals surface area contributed by atoms with E-state index in [1.54, 1.807) is 34.6 Å². The first-order chi connectivity index (χ1) is 42.1. The fourth-order valence-corrected chi connectivity index (χ4v) is 10.9. The van der Waals surface area contributed by atoms with Crippen LogP contribution in [0, 0.1) is 29.6 Å². The van der Waals surface area contributed by atoms with Crippen LogP contribution in [0.5, 0.6) is 0 Å². The van der Waals surface area contributed by atoms with E-state index < -0.39 is 163 Å². The van der Waals surface area contributed by atoms with Gasteiger partial charge in [-0.15, -0.1) is 0 Å². The van der Waals surface area contributed by atoms with Gasteiger partial charge in [0.25, 0.3) is 0 Å². The average molecular weight is 1320 g/mol. The highest BCUT2D eigenvalue weighted by Crippen LogP contribution is 2.22. The molecule has 0 aromatic carbocycles. The number of carbonyl (C=O) groups excluding carboxylic acids is 11. The number of aliphatic hydroxyl groups is 1. The lowest BCUT2D eigenvalue weighted by molar-refractivity contribution is -0.192. The summed E-state index contributed by atoms with van der Waals surface area (Å²) in [6, 6.07) is -11.0. The van der Waals surface area contributed by atoms with Gasteiger partial charge in [0, 0.05) is 67.5 Å². The molecule has 29 heteroatoms. The van der Waals surface area contributed by atoms with Crippen molar-refractivity contribution in [1.82, 2.24) is 60.5 Å². The Hall–Kier alpha value is -6.65. The Balaban J connectivity index is 0.0000111. The van der Waals surface area contributed by atoms with E-state index in [1.807, 2.05) is 69.2 Å². The van der Waals surface area contributed by atoms with E-state index >= 15 is 4.79 Å². The van der Waals surface area contributed by atoms with Crippen LogP contribution >= 0.6 is 0 Å². The lowest BCUT2D eigenvalue weighted by atomic mass is 9.97. The van der Waals surface area contributed by atoms with Gasteiger partial charge in [0.2, 0.25) is 65.0 Å². The summed E-state index contributed by atoms with van der Waals surface area (Å²) in [6.45, 7) is 31.4. The maximum atomic E-state index is 15.2. The molecule has 6 N–H and O–H groups in total. The highest BCUT2D eigenvalue weighted by atomic mass is 19.4. The maximum Gasteiger partial charge on any atom is 0.490 e. The molecule has 0 unspecified atom stereocenters. The zero-order valence-electron chi connectivity index (χ0n) is 59.2. The van der Waals surface area contributed by atoms with Gasteiger partial charge in [0.15, 0.2) is 0 Å². The second-order valence-corrected chi connectivity index (χ2v) is 26.9. The number of amides is 11. The number of aliphatic hydroxyl groups excluding tert-OH is 1. The molecule has 10 atom stereocenters. The summed E-state index contributed by atoms with van der Waals surface area (Å²) >= 11 is 0. The maximum absolute atomic E-state index is 15.2. The lowest BCUT2D eigenvalue weighted by Crippen LogP contribution is -2.62. The molecule has 92 heavy (non-hydrogen) atoms. The summed E-state index contributed by atoms with van der Waals surface area (Å²) < 4.78 is 31.7. The first-order valence-electron chi connectivity index (χ1n) is 31.9. The molecule has 11 amide bonds. The minimum Gasteiger partial charge on any atom is -0.475 e. The van der Waals surface area contributed by atoms with Crippen LogP contribution in [0.15, 0.2) is 0 Å². The normalized spacial score (nSPS) is 24.6. The SMILES string of the molecule is CCC[C@@H]1NC(=O)[C@H]([C@@H](C)O)N(C)C(=O)[C@H](C(C)C)N(C)C(=O)CN(CCN(C(C)C)C(C)C)C(=O)[C@H](CC(C)C)N(C)C(=O)[C@@H](C)NC(=O)[C@H](C)NC(=O)[C@H](CC(C)C)N(C)C(=O)[C@H](C(C)C)NC(=O)[C@H](CC(C)C)N(C)C(=O)CN(C)C1=O.O=C(O)C(F)(F)F. The van der Waals surface area contributed by atoms with Crippen LogP contribution in [-0.2, 0) is 57.5 Å². The number of hydrogen-bond acceptors (Lipinski definition) is 14. The third-order valence-electron chi connectivity index (χ3n) is 16.1. The molecule has 1 aliphatic rings. The zero-order chi connectivity index (χ0) is 72.1. The predicted octanol–water partition coefficient (Wildman–Crippen LogP) is 2.78. The summed E-state index contributed by atoms with van der Waals surface area (Å²) in [5.41, 5.74) is 0. The van der Waals surface area contributed by atoms with Crippen LogP contribution in [0.3, 0.4) is 0 Å². The minimum atomic E-state index is -5.08. The Morgan fingerprint density at radius 2 is 0.957 bits per heavy atom. The van der Waals surface area contributed by atoms with Crippen molar-refractivity contribution in [3.63, 3.8) is 0 Å². The van der Waals surface area contributed by atoms with Gasteiger partial charge in [-0.2, -0.15) is 13.2 Å². The summed E-state index contributed by atoms with van der Waals surface area (Å²) in [7, 11) is 8.41. The summed E-state index contributed by atoms with van der Waals surface area (Å²) in [5.74, 6) is -11.7. The highest BCUT2D eigenvalue weighted by Gasteiger charge is 2.43. The molecule has 26 nitrogen and oxygen atoms in total. The Kier molecular flexibility index (Phi) is 35.7. The van der Waals surface area contributed by atoms with Crippen LogP contribution in [0.1, 0.15) is 157 Å². The summed E-state index contributed by atoms with van der Waals surface area (Å²) in [6.07, 6.45) is -5.60. The number of carbonyl (C=O) groups is 12. The molecule has 0 saturated carbocycles. The van der Waals surface area contributed by atoms with Gasteiger partial charge in [-0.1, -0.05) is 82.6 Å². The van der Waals surface area contributed by atoms with E-state index in [-0.39, 0.29) is 62.1 Å². The Morgan fingerprint density at radius 3 is 1.38 bits per heavy atom. The molecule has 1 rings (SSSR count). The second kappa shape index (κ2) is 38.5. The van der Waals surface area contributed by atoms with E-state index in [9.17, 15) is 66.2 Å². The van der Waals surface area contributed by atoms with Crippen molar-refractivity contribution in [1.29, 1.82) is 0 Å². The molecule has 1 aliphatic heterocycles. The Labute approximate surface area is 544 Å². The molecule has 0 aliphatic carbocycles. The number of carboxylic acids is 1. The molecule has 0 bridgehead atoms. The lowest BCUT2D eigenvalue weighted by Gasteiger charge is -2.39. The largest absolute Gasteiger partial charge is 0.490 e. The van der Waals surface area contributed by atoms with Gasteiger partial charge in [-0.3, -0.25) is 57.6 Å². The van der Waals surface area contributed by atoms with Crippen molar-refractivity contribution in [3.05, 3.63) is 0 Å². The summed E-state index contributed by atoms with van der Waals surface area (Å²) in [5, 5.41) is 29.3. The number of alkyl halides is 3. The van der Waals surface area contributed by atoms with Crippen molar-refractivity contribution in [2.24, 2.45) is 29.6 Å². The van der Waals surface area contributed by atoms with E-state index in [0.29, 0.717) is 13.0 Å². The Morgan fingerprint density at radius 1 is 0.522 bits per heavy atom. The number of rotatable bonds is 16. The van der Waals surface area contributed by atoms with Crippen LogP contribution in [0.25, 0.3) is 0 Å². The van der Waals surface area contributed by atoms with E-state index in [4.69, 9.17) is 9.90 Å². The van der Waals surface area contributed by atoms with Crippen LogP contribution in [0.2, 0.25) is 0 Å². The molecule has 1 saturated heterocycles. The molecule has 1 fully saturated rings. The zero-order valence-corrected chi connectivity index (χ0v) is 59.2. The van der Waals surface area contributed by atoms with Crippen molar-refractivity contribution >= 4 is 70.9 Å². The van der Waals surface area contributed by atoms with E-state index in [1.165, 1.54) is 87.6 Å². The molecule has 0 radical (unpaired) electrons. The van der Waals surface area contributed by atoms with Crippen molar-refractivity contribution in [2.45, 2.75) is 235 Å². The van der Waals surface area contributed by atoms with Crippen LogP contribution in [0.4, 0.5) is 13.2 Å². The van der Waals surface area contributed by atoms with Crippen LogP contribution < -0.4 is 21.3 Å². The van der Waals surface area contributed by atoms with E-state index in [2.05, 4.69) is 26.2 Å². The van der Waals surface area contributed by atoms with Gasteiger partial charge in [0.1, 0.15) is 54.4 Å². The van der Waals surface area contributed by atoms with Gasteiger partial charge < -0.3 is 65.8 Å². The number of hydrogen-bond donors (Lipinski definition) is 6. The third kappa shape index (κ3) is 26.0.